The number of ether oxygens (including phenoxy) is 1. The molecule has 6 nitrogen and oxygen atoms in total. The van der Waals surface area contributed by atoms with Gasteiger partial charge in [-0.1, -0.05) is 91.9 Å². The van der Waals surface area contributed by atoms with E-state index in [9.17, 15) is 13.2 Å². The van der Waals surface area contributed by atoms with Crippen molar-refractivity contribution in [1.29, 1.82) is 0 Å². The van der Waals surface area contributed by atoms with Crippen LogP contribution in [0.25, 0.3) is 0 Å². The fraction of sp³-hybridized carbons (Fsp3) is 0.167. The minimum atomic E-state index is -3.95. The first-order valence-corrected chi connectivity index (χ1v) is 13.6. The fourth-order valence-corrected chi connectivity index (χ4v) is 5.67. The van der Waals surface area contributed by atoms with E-state index in [2.05, 4.69) is 5.32 Å². The molecule has 190 valence electrons. The molecule has 7 heteroatoms. The number of nitrogens with one attached hydrogen (secondary N) is 1. The molecule has 0 saturated carbocycles. The topological polar surface area (TPSA) is 75.7 Å². The summed E-state index contributed by atoms with van der Waals surface area (Å²) in [6, 6.07) is 33.5. The van der Waals surface area contributed by atoms with Crippen molar-refractivity contribution in [2.75, 3.05) is 5.32 Å². The van der Waals surface area contributed by atoms with Gasteiger partial charge < -0.3 is 10.1 Å². The van der Waals surface area contributed by atoms with Crippen LogP contribution in [0.1, 0.15) is 24.5 Å². The molecule has 0 bridgehead atoms. The lowest BCUT2D eigenvalue weighted by atomic mass is 10.1. The first-order valence-electron chi connectivity index (χ1n) is 12.2. The molecule has 1 amide bonds. The summed E-state index contributed by atoms with van der Waals surface area (Å²) in [6.07, 6.45) is 0.301. The molecule has 4 aromatic rings. The molecular formula is C30H30N2O4S. The van der Waals surface area contributed by atoms with Crippen LogP contribution in [-0.4, -0.2) is 24.7 Å². The van der Waals surface area contributed by atoms with Crippen LogP contribution in [0.3, 0.4) is 0 Å². The summed E-state index contributed by atoms with van der Waals surface area (Å²) < 4.78 is 34.6. The van der Waals surface area contributed by atoms with Crippen LogP contribution in [0.2, 0.25) is 0 Å². The van der Waals surface area contributed by atoms with Gasteiger partial charge in [-0.2, -0.15) is 4.31 Å². The summed E-state index contributed by atoms with van der Waals surface area (Å²) in [7, 11) is -3.95. The summed E-state index contributed by atoms with van der Waals surface area (Å²) in [4.78, 5) is 13.6. The number of hydrogen-bond acceptors (Lipinski definition) is 4. The van der Waals surface area contributed by atoms with E-state index in [1.165, 1.54) is 4.31 Å². The number of sulfonamides is 1. The number of nitrogens with zero attached hydrogens (tertiary/aromatic N) is 1. The zero-order valence-corrected chi connectivity index (χ0v) is 21.5. The highest BCUT2D eigenvalue weighted by atomic mass is 32.2. The third-order valence-electron chi connectivity index (χ3n) is 5.92. The Labute approximate surface area is 218 Å². The van der Waals surface area contributed by atoms with Gasteiger partial charge in [-0.05, 0) is 41.8 Å². The van der Waals surface area contributed by atoms with Gasteiger partial charge in [0.15, 0.2) is 0 Å². The molecule has 0 fully saturated rings. The third kappa shape index (κ3) is 6.84. The smallest absolute Gasteiger partial charge is 0.244 e. The molecule has 4 aromatic carbocycles. The van der Waals surface area contributed by atoms with Gasteiger partial charge >= 0.3 is 0 Å². The number of hydrogen-bond donors (Lipinski definition) is 1. The van der Waals surface area contributed by atoms with Gasteiger partial charge in [0.1, 0.15) is 18.4 Å². The molecule has 0 aliphatic carbocycles. The fourth-order valence-electron chi connectivity index (χ4n) is 4.00. The number of carbonyl (C=O) groups is 1. The molecule has 4 rings (SSSR count). The Kier molecular flexibility index (Phi) is 8.72. The average Bonchev–Trinajstić information content (AvgIpc) is 2.93. The summed E-state index contributed by atoms with van der Waals surface area (Å²) in [6.45, 7) is 2.28. The molecule has 0 heterocycles. The summed E-state index contributed by atoms with van der Waals surface area (Å²) in [5.74, 6) is 0.200. The van der Waals surface area contributed by atoms with Crippen molar-refractivity contribution in [2.24, 2.45) is 0 Å². The highest BCUT2D eigenvalue weighted by molar-refractivity contribution is 7.89. The van der Waals surface area contributed by atoms with Gasteiger partial charge in [0, 0.05) is 18.3 Å². The Bertz CT molecular complexity index is 1400. The highest BCUT2D eigenvalue weighted by Crippen LogP contribution is 2.25. The molecule has 0 aliphatic heterocycles. The number of benzene rings is 4. The molecule has 0 radical (unpaired) electrons. The normalized spacial score (nSPS) is 12.2. The Balaban J connectivity index is 1.56. The van der Waals surface area contributed by atoms with E-state index >= 15 is 0 Å². The Morgan fingerprint density at radius 3 is 2.03 bits per heavy atom. The SMILES string of the molecule is CCC(C(=O)Nc1cccc(OCc2ccccc2)c1)N(Cc1ccccc1)S(=O)(=O)c1ccccc1. The maximum Gasteiger partial charge on any atom is 0.244 e. The number of carbonyl (C=O) groups excluding carboxylic acids is 1. The number of anilines is 1. The summed E-state index contributed by atoms with van der Waals surface area (Å²) in [5.41, 5.74) is 2.36. The third-order valence-corrected chi connectivity index (χ3v) is 7.79. The van der Waals surface area contributed by atoms with Gasteiger partial charge in [0.25, 0.3) is 0 Å². The first-order chi connectivity index (χ1) is 18.0. The standard InChI is InChI=1S/C30H30N2O4S/c1-2-29(30(33)31-26-17-12-18-27(21-26)36-23-25-15-8-4-9-16-25)32(22-24-13-6-3-7-14-24)37(34,35)28-19-10-5-11-20-28/h3-21,29H,2,22-23H2,1H3,(H,31,33). The van der Waals surface area contributed by atoms with Crippen LogP contribution < -0.4 is 10.1 Å². The zero-order chi connectivity index (χ0) is 26.1. The van der Waals surface area contributed by atoms with Crippen LogP contribution in [-0.2, 0) is 28.0 Å². The van der Waals surface area contributed by atoms with E-state index in [0.29, 0.717) is 24.5 Å². The van der Waals surface area contributed by atoms with Crippen molar-refractivity contribution in [2.45, 2.75) is 37.4 Å². The molecule has 37 heavy (non-hydrogen) atoms. The molecule has 0 saturated heterocycles. The predicted octanol–water partition coefficient (Wildman–Crippen LogP) is 5.87. The molecule has 1 atom stereocenters. The molecule has 0 aromatic heterocycles. The number of amides is 1. The van der Waals surface area contributed by atoms with Crippen molar-refractivity contribution in [3.8, 4) is 5.75 Å². The van der Waals surface area contributed by atoms with E-state index in [-0.39, 0.29) is 11.4 Å². The van der Waals surface area contributed by atoms with Crippen molar-refractivity contribution in [3.63, 3.8) is 0 Å². The lowest BCUT2D eigenvalue weighted by molar-refractivity contribution is -0.120. The van der Waals surface area contributed by atoms with Gasteiger partial charge in [0.05, 0.1) is 4.90 Å². The van der Waals surface area contributed by atoms with E-state index in [0.717, 1.165) is 11.1 Å². The second-order valence-electron chi connectivity index (χ2n) is 8.56. The average molecular weight is 515 g/mol. The predicted molar refractivity (Wildman–Crippen MR) is 146 cm³/mol. The van der Waals surface area contributed by atoms with Crippen molar-refractivity contribution in [1.82, 2.24) is 4.31 Å². The first kappa shape index (κ1) is 26.1. The van der Waals surface area contributed by atoms with Crippen molar-refractivity contribution in [3.05, 3.63) is 126 Å². The maximum absolute atomic E-state index is 13.7. The van der Waals surface area contributed by atoms with E-state index in [1.54, 1.807) is 48.5 Å². The largest absolute Gasteiger partial charge is 0.489 e. The van der Waals surface area contributed by atoms with Crippen LogP contribution in [0.5, 0.6) is 5.75 Å². The van der Waals surface area contributed by atoms with Crippen molar-refractivity contribution < 1.29 is 17.9 Å². The minimum absolute atomic E-state index is 0.0736. The van der Waals surface area contributed by atoms with Crippen LogP contribution in [0.4, 0.5) is 5.69 Å². The van der Waals surface area contributed by atoms with E-state index < -0.39 is 22.0 Å². The zero-order valence-electron chi connectivity index (χ0n) is 20.7. The van der Waals surface area contributed by atoms with Gasteiger partial charge in [-0.15, -0.1) is 0 Å². The summed E-state index contributed by atoms with van der Waals surface area (Å²) in [5, 5.41) is 2.90. The van der Waals surface area contributed by atoms with E-state index in [1.807, 2.05) is 73.7 Å². The molecule has 1 unspecified atom stereocenters. The second kappa shape index (κ2) is 12.3. The Morgan fingerprint density at radius 1 is 0.811 bits per heavy atom. The molecular weight excluding hydrogens is 484 g/mol. The molecule has 0 spiro atoms. The van der Waals surface area contributed by atoms with Crippen molar-refractivity contribution >= 4 is 21.6 Å². The van der Waals surface area contributed by atoms with Gasteiger partial charge in [0.2, 0.25) is 15.9 Å². The van der Waals surface area contributed by atoms with E-state index in [4.69, 9.17) is 4.74 Å². The van der Waals surface area contributed by atoms with Crippen LogP contribution in [0, 0.1) is 0 Å². The summed E-state index contributed by atoms with van der Waals surface area (Å²) >= 11 is 0. The van der Waals surface area contributed by atoms with Gasteiger partial charge in [-0.25, -0.2) is 8.42 Å². The molecule has 1 N–H and O–H groups in total. The minimum Gasteiger partial charge on any atom is -0.489 e. The van der Waals surface area contributed by atoms with Crippen LogP contribution >= 0.6 is 0 Å². The number of rotatable bonds is 11. The lowest BCUT2D eigenvalue weighted by Gasteiger charge is -2.29. The maximum atomic E-state index is 13.7. The highest BCUT2D eigenvalue weighted by Gasteiger charge is 2.35. The lowest BCUT2D eigenvalue weighted by Crippen LogP contribution is -2.46. The quantitative estimate of drug-likeness (QED) is 0.271. The van der Waals surface area contributed by atoms with Gasteiger partial charge in [-0.3, -0.25) is 4.79 Å². The van der Waals surface area contributed by atoms with Crippen LogP contribution in [0.15, 0.2) is 120 Å². The molecule has 0 aliphatic rings. The second-order valence-corrected chi connectivity index (χ2v) is 10.5. The Hall–Kier alpha value is -3.94. The Morgan fingerprint density at radius 2 is 1.41 bits per heavy atom. The monoisotopic (exact) mass is 514 g/mol.